The first-order chi connectivity index (χ1) is 9.00. The molecule has 0 radical (unpaired) electrons. The molecule has 2 rings (SSSR count). The number of nitrogens with zero attached hydrogens (tertiary/aromatic N) is 1. The smallest absolute Gasteiger partial charge is 0.239 e. The highest BCUT2D eigenvalue weighted by molar-refractivity contribution is 5.82. The average Bonchev–Trinajstić information content (AvgIpc) is 2.93. The van der Waals surface area contributed by atoms with Crippen LogP contribution in [0.15, 0.2) is 18.2 Å². The number of halogens is 2. The maximum absolute atomic E-state index is 13.2. The van der Waals surface area contributed by atoms with Gasteiger partial charge in [0.15, 0.2) is 11.6 Å². The van der Waals surface area contributed by atoms with E-state index < -0.39 is 11.6 Å². The van der Waals surface area contributed by atoms with Crippen LogP contribution in [0, 0.1) is 11.6 Å². The van der Waals surface area contributed by atoms with Crippen LogP contribution in [0.4, 0.5) is 8.78 Å². The molecule has 0 spiro atoms. The van der Waals surface area contributed by atoms with E-state index in [9.17, 15) is 13.6 Å². The summed E-state index contributed by atoms with van der Waals surface area (Å²) >= 11 is 0. The molecule has 1 heterocycles. The van der Waals surface area contributed by atoms with Crippen molar-refractivity contribution in [3.63, 3.8) is 0 Å². The number of hydrogen-bond donors (Lipinski definition) is 1. The van der Waals surface area contributed by atoms with Gasteiger partial charge in [0.25, 0.3) is 0 Å². The minimum Gasteiger partial charge on any atom is -0.338 e. The number of hydrogen-bond acceptors (Lipinski definition) is 2. The van der Waals surface area contributed by atoms with Gasteiger partial charge in [-0.25, -0.2) is 8.78 Å². The number of rotatable bonds is 3. The molecule has 0 bridgehead atoms. The van der Waals surface area contributed by atoms with Crippen molar-refractivity contribution < 1.29 is 13.6 Å². The Morgan fingerprint density at radius 1 is 1.42 bits per heavy atom. The zero-order valence-electron chi connectivity index (χ0n) is 11.1. The molecule has 1 saturated heterocycles. The second kappa shape index (κ2) is 5.65. The van der Waals surface area contributed by atoms with Crippen molar-refractivity contribution in [3.8, 4) is 0 Å². The lowest BCUT2D eigenvalue weighted by Gasteiger charge is -2.28. The number of carbonyl (C=O) groups is 1. The SMILES string of the molecule is CC(c1ccc(F)c(F)c1)N(C)C(=O)C1CCCN1. The Labute approximate surface area is 111 Å². The largest absolute Gasteiger partial charge is 0.338 e. The number of amides is 1. The predicted molar refractivity (Wildman–Crippen MR) is 68.6 cm³/mol. The van der Waals surface area contributed by atoms with Gasteiger partial charge in [-0.15, -0.1) is 0 Å². The van der Waals surface area contributed by atoms with E-state index in [1.54, 1.807) is 18.9 Å². The van der Waals surface area contributed by atoms with E-state index >= 15 is 0 Å². The van der Waals surface area contributed by atoms with Crippen LogP contribution in [-0.4, -0.2) is 30.4 Å². The monoisotopic (exact) mass is 268 g/mol. The summed E-state index contributed by atoms with van der Waals surface area (Å²) in [5.41, 5.74) is 0.591. The second-order valence-corrected chi connectivity index (χ2v) is 4.95. The molecule has 0 aromatic heterocycles. The Hall–Kier alpha value is -1.49. The summed E-state index contributed by atoms with van der Waals surface area (Å²) in [6.07, 6.45) is 1.82. The molecule has 1 amide bonds. The predicted octanol–water partition coefficient (Wildman–Crippen LogP) is 2.24. The molecule has 0 saturated carbocycles. The summed E-state index contributed by atoms with van der Waals surface area (Å²) in [4.78, 5) is 13.8. The molecule has 1 aromatic rings. The Kier molecular flexibility index (Phi) is 4.14. The average molecular weight is 268 g/mol. The first-order valence-corrected chi connectivity index (χ1v) is 6.45. The molecular formula is C14H18F2N2O. The van der Waals surface area contributed by atoms with Gasteiger partial charge in [0.1, 0.15) is 0 Å². The van der Waals surface area contributed by atoms with Crippen molar-refractivity contribution in [2.24, 2.45) is 0 Å². The van der Waals surface area contributed by atoms with Gasteiger partial charge in [-0.2, -0.15) is 0 Å². The quantitative estimate of drug-likeness (QED) is 0.911. The number of nitrogens with one attached hydrogen (secondary N) is 1. The summed E-state index contributed by atoms with van der Waals surface area (Å²) < 4.78 is 26.1. The summed E-state index contributed by atoms with van der Waals surface area (Å²) in [5.74, 6) is -1.76. The molecule has 3 nitrogen and oxygen atoms in total. The van der Waals surface area contributed by atoms with Gasteiger partial charge in [0, 0.05) is 7.05 Å². The molecule has 0 aliphatic carbocycles. The van der Waals surface area contributed by atoms with Crippen LogP contribution in [0.25, 0.3) is 0 Å². The third-order valence-corrected chi connectivity index (χ3v) is 3.71. The third kappa shape index (κ3) is 2.92. The zero-order chi connectivity index (χ0) is 14.0. The van der Waals surface area contributed by atoms with Crippen molar-refractivity contribution in [2.45, 2.75) is 31.8 Å². The van der Waals surface area contributed by atoms with E-state index in [-0.39, 0.29) is 18.0 Å². The normalized spacial score (nSPS) is 20.3. The van der Waals surface area contributed by atoms with Gasteiger partial charge >= 0.3 is 0 Å². The highest BCUT2D eigenvalue weighted by Crippen LogP contribution is 2.22. The van der Waals surface area contributed by atoms with Crippen molar-refractivity contribution in [1.82, 2.24) is 10.2 Å². The summed E-state index contributed by atoms with van der Waals surface area (Å²) in [7, 11) is 1.69. The van der Waals surface area contributed by atoms with Gasteiger partial charge in [-0.1, -0.05) is 6.07 Å². The molecular weight excluding hydrogens is 250 g/mol. The van der Waals surface area contributed by atoms with Crippen LogP contribution >= 0.6 is 0 Å². The summed E-state index contributed by atoms with van der Waals surface area (Å²) in [6, 6.07) is 3.30. The van der Waals surface area contributed by atoms with Crippen molar-refractivity contribution in [2.75, 3.05) is 13.6 Å². The fourth-order valence-electron chi connectivity index (χ4n) is 2.33. The number of carbonyl (C=O) groups excluding carboxylic acids is 1. The zero-order valence-corrected chi connectivity index (χ0v) is 11.1. The van der Waals surface area contributed by atoms with Crippen LogP contribution < -0.4 is 5.32 Å². The Bertz CT molecular complexity index is 473. The van der Waals surface area contributed by atoms with Crippen LogP contribution in [0.2, 0.25) is 0 Å². The van der Waals surface area contributed by atoms with E-state index in [2.05, 4.69) is 5.32 Å². The van der Waals surface area contributed by atoms with E-state index in [1.807, 2.05) is 0 Å². The molecule has 1 aliphatic heterocycles. The molecule has 5 heteroatoms. The maximum atomic E-state index is 13.2. The topological polar surface area (TPSA) is 32.3 Å². The minimum atomic E-state index is -0.885. The highest BCUT2D eigenvalue weighted by Gasteiger charge is 2.28. The van der Waals surface area contributed by atoms with Crippen LogP contribution in [0.5, 0.6) is 0 Å². The Morgan fingerprint density at radius 3 is 2.74 bits per heavy atom. The van der Waals surface area contributed by atoms with E-state index in [0.29, 0.717) is 5.56 Å². The number of benzene rings is 1. The van der Waals surface area contributed by atoms with Gasteiger partial charge in [0.05, 0.1) is 12.1 Å². The van der Waals surface area contributed by atoms with Gasteiger partial charge in [-0.3, -0.25) is 4.79 Å². The Morgan fingerprint density at radius 2 is 2.16 bits per heavy atom. The number of likely N-dealkylation sites (N-methyl/N-ethyl adjacent to an activating group) is 1. The Balaban J connectivity index is 2.11. The third-order valence-electron chi connectivity index (χ3n) is 3.71. The first-order valence-electron chi connectivity index (χ1n) is 6.45. The lowest BCUT2D eigenvalue weighted by atomic mass is 10.1. The maximum Gasteiger partial charge on any atom is 0.239 e. The van der Waals surface area contributed by atoms with Crippen molar-refractivity contribution in [3.05, 3.63) is 35.4 Å². The van der Waals surface area contributed by atoms with Crippen LogP contribution in [0.3, 0.4) is 0 Å². The highest BCUT2D eigenvalue weighted by atomic mass is 19.2. The lowest BCUT2D eigenvalue weighted by Crippen LogP contribution is -2.42. The summed E-state index contributed by atoms with van der Waals surface area (Å²) in [6.45, 7) is 2.66. The molecule has 19 heavy (non-hydrogen) atoms. The summed E-state index contributed by atoms with van der Waals surface area (Å²) in [5, 5.41) is 3.14. The van der Waals surface area contributed by atoms with Gasteiger partial charge in [0.2, 0.25) is 5.91 Å². The standard InChI is InChI=1S/C14H18F2N2O/c1-9(10-5-6-11(15)12(16)8-10)18(2)14(19)13-4-3-7-17-13/h5-6,8-9,13,17H,3-4,7H2,1-2H3. The lowest BCUT2D eigenvalue weighted by molar-refractivity contribution is -0.133. The van der Waals surface area contributed by atoms with E-state index in [0.717, 1.165) is 31.5 Å². The van der Waals surface area contributed by atoms with E-state index in [4.69, 9.17) is 0 Å². The van der Waals surface area contributed by atoms with Gasteiger partial charge < -0.3 is 10.2 Å². The molecule has 2 unspecified atom stereocenters. The molecule has 104 valence electrons. The fourth-order valence-corrected chi connectivity index (χ4v) is 2.33. The van der Waals surface area contributed by atoms with E-state index in [1.165, 1.54) is 6.07 Å². The molecule has 1 aromatic carbocycles. The molecule has 1 N–H and O–H groups in total. The van der Waals surface area contributed by atoms with Crippen molar-refractivity contribution in [1.29, 1.82) is 0 Å². The van der Waals surface area contributed by atoms with Crippen LogP contribution in [0.1, 0.15) is 31.4 Å². The minimum absolute atomic E-state index is 0.00488. The molecule has 1 fully saturated rings. The van der Waals surface area contributed by atoms with Gasteiger partial charge in [-0.05, 0) is 44.0 Å². The first kappa shape index (κ1) is 13.9. The fraction of sp³-hybridized carbons (Fsp3) is 0.500. The van der Waals surface area contributed by atoms with Crippen molar-refractivity contribution >= 4 is 5.91 Å². The molecule has 1 aliphatic rings. The molecule has 2 atom stereocenters. The second-order valence-electron chi connectivity index (χ2n) is 4.95. The van der Waals surface area contributed by atoms with Crippen LogP contribution in [-0.2, 0) is 4.79 Å².